The standard InChI is InChI=1S/C22H20N6O4/c1-26-20-19(21(30)27(2)22(26)31)28(14-23-20)13-18(29)25-24-12-15-7-6-10-17(11-15)32-16-8-4-3-5-9-16/h3-12,14H,13H2,1-2H3,(H,25,29). The van der Waals surface area contributed by atoms with Crippen LogP contribution in [0.2, 0.25) is 0 Å². The van der Waals surface area contributed by atoms with Crippen molar-refractivity contribution < 1.29 is 9.53 Å². The van der Waals surface area contributed by atoms with E-state index in [1.165, 1.54) is 35.8 Å². The van der Waals surface area contributed by atoms with Crippen LogP contribution in [0.3, 0.4) is 0 Å². The summed E-state index contributed by atoms with van der Waals surface area (Å²) in [7, 11) is 2.89. The van der Waals surface area contributed by atoms with Crippen LogP contribution in [0.1, 0.15) is 5.56 Å². The van der Waals surface area contributed by atoms with Crippen LogP contribution in [-0.4, -0.2) is 30.8 Å². The number of carbonyl (C=O) groups is 1. The predicted molar refractivity (Wildman–Crippen MR) is 119 cm³/mol. The molecule has 2 aromatic heterocycles. The third-order valence-electron chi connectivity index (χ3n) is 4.77. The van der Waals surface area contributed by atoms with Crippen LogP contribution >= 0.6 is 0 Å². The summed E-state index contributed by atoms with van der Waals surface area (Å²) in [6, 6.07) is 16.6. The Kier molecular flexibility index (Phi) is 5.67. The van der Waals surface area contributed by atoms with E-state index in [0.29, 0.717) is 11.5 Å². The summed E-state index contributed by atoms with van der Waals surface area (Å²) in [5, 5.41) is 3.97. The van der Waals surface area contributed by atoms with Crippen molar-refractivity contribution in [1.29, 1.82) is 0 Å². The van der Waals surface area contributed by atoms with Gasteiger partial charge in [-0.15, -0.1) is 0 Å². The lowest BCUT2D eigenvalue weighted by molar-refractivity contribution is -0.121. The van der Waals surface area contributed by atoms with Crippen molar-refractivity contribution in [2.24, 2.45) is 19.2 Å². The first kappa shape index (κ1) is 20.8. The number of carbonyl (C=O) groups excluding carboxylic acids is 1. The molecule has 0 saturated carbocycles. The van der Waals surface area contributed by atoms with Crippen molar-refractivity contribution in [2.45, 2.75) is 6.54 Å². The van der Waals surface area contributed by atoms with E-state index in [1.807, 2.05) is 48.5 Å². The van der Waals surface area contributed by atoms with E-state index in [2.05, 4.69) is 15.5 Å². The fourth-order valence-corrected chi connectivity index (χ4v) is 3.17. The quantitative estimate of drug-likeness (QED) is 0.365. The number of nitrogens with one attached hydrogen (secondary N) is 1. The van der Waals surface area contributed by atoms with Gasteiger partial charge >= 0.3 is 5.69 Å². The highest BCUT2D eigenvalue weighted by Gasteiger charge is 2.15. The Hall–Kier alpha value is -4.47. The number of aryl methyl sites for hydroxylation is 1. The first-order chi connectivity index (χ1) is 15.4. The van der Waals surface area contributed by atoms with Crippen molar-refractivity contribution in [3.8, 4) is 11.5 Å². The fraction of sp³-hybridized carbons (Fsp3) is 0.136. The zero-order chi connectivity index (χ0) is 22.7. The number of fused-ring (bicyclic) bond motifs is 1. The molecule has 0 aliphatic heterocycles. The molecule has 0 fully saturated rings. The number of nitrogens with zero attached hydrogens (tertiary/aromatic N) is 5. The summed E-state index contributed by atoms with van der Waals surface area (Å²) in [4.78, 5) is 40.9. The van der Waals surface area contributed by atoms with Crippen molar-refractivity contribution in [3.63, 3.8) is 0 Å². The second-order valence-electron chi connectivity index (χ2n) is 7.03. The van der Waals surface area contributed by atoms with Crippen molar-refractivity contribution in [1.82, 2.24) is 24.1 Å². The lowest BCUT2D eigenvalue weighted by atomic mass is 10.2. The summed E-state index contributed by atoms with van der Waals surface area (Å²) in [6.07, 6.45) is 2.84. The molecular formula is C22H20N6O4. The highest BCUT2D eigenvalue weighted by Crippen LogP contribution is 2.21. The van der Waals surface area contributed by atoms with Gasteiger partial charge in [-0.1, -0.05) is 30.3 Å². The van der Waals surface area contributed by atoms with Crippen LogP contribution in [0.25, 0.3) is 11.2 Å². The number of aromatic nitrogens is 4. The van der Waals surface area contributed by atoms with Gasteiger partial charge < -0.3 is 9.30 Å². The Morgan fingerprint density at radius 1 is 1.06 bits per heavy atom. The van der Waals surface area contributed by atoms with E-state index in [4.69, 9.17) is 4.74 Å². The number of benzene rings is 2. The minimum absolute atomic E-state index is 0.166. The van der Waals surface area contributed by atoms with Gasteiger partial charge in [0, 0.05) is 14.1 Å². The van der Waals surface area contributed by atoms with E-state index >= 15 is 0 Å². The van der Waals surface area contributed by atoms with Crippen LogP contribution in [0, 0.1) is 0 Å². The normalized spacial score (nSPS) is 11.2. The number of hydrogen-bond donors (Lipinski definition) is 1. The van der Waals surface area contributed by atoms with Gasteiger partial charge in [-0.3, -0.25) is 18.7 Å². The Morgan fingerprint density at radius 3 is 2.59 bits per heavy atom. The molecule has 0 atom stereocenters. The molecule has 10 heteroatoms. The third kappa shape index (κ3) is 4.19. The summed E-state index contributed by atoms with van der Waals surface area (Å²) in [6.45, 7) is -0.182. The summed E-state index contributed by atoms with van der Waals surface area (Å²) < 4.78 is 9.40. The SMILES string of the molecule is Cn1c(=O)c2c(ncn2CC(=O)NN=Cc2cccc(Oc3ccccc3)c2)n(C)c1=O. The summed E-state index contributed by atoms with van der Waals surface area (Å²) in [5.41, 5.74) is 2.53. The highest BCUT2D eigenvalue weighted by atomic mass is 16.5. The van der Waals surface area contributed by atoms with Gasteiger partial charge in [0.25, 0.3) is 11.5 Å². The maximum atomic E-state index is 12.4. The van der Waals surface area contributed by atoms with E-state index in [0.717, 1.165) is 10.1 Å². The molecule has 2 heterocycles. The zero-order valence-electron chi connectivity index (χ0n) is 17.4. The molecule has 32 heavy (non-hydrogen) atoms. The van der Waals surface area contributed by atoms with Crippen LogP contribution in [0.15, 0.2) is 75.6 Å². The Bertz CT molecular complexity index is 1430. The number of imidazole rings is 1. The van der Waals surface area contributed by atoms with Gasteiger partial charge in [0.05, 0.1) is 12.5 Å². The molecule has 0 bridgehead atoms. The smallest absolute Gasteiger partial charge is 0.332 e. The maximum Gasteiger partial charge on any atom is 0.332 e. The van der Waals surface area contributed by atoms with E-state index in [1.54, 1.807) is 6.07 Å². The number of amides is 1. The lowest BCUT2D eigenvalue weighted by Crippen LogP contribution is -2.38. The second-order valence-corrected chi connectivity index (χ2v) is 7.03. The number of hydrogen-bond acceptors (Lipinski definition) is 6. The minimum atomic E-state index is -0.521. The van der Waals surface area contributed by atoms with E-state index < -0.39 is 17.2 Å². The average molecular weight is 432 g/mol. The Balaban J connectivity index is 1.44. The Morgan fingerprint density at radius 2 is 1.81 bits per heavy atom. The van der Waals surface area contributed by atoms with Gasteiger partial charge in [-0.05, 0) is 29.8 Å². The van der Waals surface area contributed by atoms with Crippen LogP contribution in [0.4, 0.5) is 0 Å². The molecule has 162 valence electrons. The van der Waals surface area contributed by atoms with Crippen LogP contribution < -0.4 is 21.4 Å². The predicted octanol–water partition coefficient (Wildman–Crippen LogP) is 1.38. The van der Waals surface area contributed by atoms with Gasteiger partial charge in [0.2, 0.25) is 0 Å². The van der Waals surface area contributed by atoms with E-state index in [-0.39, 0.29) is 17.7 Å². The minimum Gasteiger partial charge on any atom is -0.457 e. The largest absolute Gasteiger partial charge is 0.457 e. The molecule has 0 aliphatic carbocycles. The topological polar surface area (TPSA) is 113 Å². The lowest BCUT2D eigenvalue weighted by Gasteiger charge is -2.06. The first-order valence-electron chi connectivity index (χ1n) is 9.70. The molecule has 4 aromatic rings. The van der Waals surface area contributed by atoms with Gasteiger partial charge in [-0.25, -0.2) is 15.2 Å². The molecule has 10 nitrogen and oxygen atoms in total. The molecule has 0 spiro atoms. The first-order valence-corrected chi connectivity index (χ1v) is 9.70. The number of para-hydroxylation sites is 1. The van der Waals surface area contributed by atoms with E-state index in [9.17, 15) is 14.4 Å². The van der Waals surface area contributed by atoms with Crippen LogP contribution in [-0.2, 0) is 25.4 Å². The number of rotatable bonds is 6. The second kappa shape index (κ2) is 8.72. The molecule has 2 aromatic carbocycles. The number of ether oxygens (including phenoxy) is 1. The van der Waals surface area contributed by atoms with Gasteiger partial charge in [0.1, 0.15) is 18.0 Å². The third-order valence-corrected chi connectivity index (χ3v) is 4.77. The number of hydrazone groups is 1. The highest BCUT2D eigenvalue weighted by molar-refractivity contribution is 5.83. The van der Waals surface area contributed by atoms with Gasteiger partial charge in [0.15, 0.2) is 11.2 Å². The molecule has 0 saturated heterocycles. The zero-order valence-corrected chi connectivity index (χ0v) is 17.4. The maximum absolute atomic E-state index is 12.4. The van der Waals surface area contributed by atoms with Crippen LogP contribution in [0.5, 0.6) is 11.5 Å². The summed E-state index contributed by atoms with van der Waals surface area (Å²) in [5.74, 6) is 0.900. The van der Waals surface area contributed by atoms with Crippen molar-refractivity contribution >= 4 is 23.3 Å². The molecular weight excluding hydrogens is 412 g/mol. The molecule has 0 radical (unpaired) electrons. The van der Waals surface area contributed by atoms with Gasteiger partial charge in [-0.2, -0.15) is 5.10 Å². The average Bonchev–Trinajstić information content (AvgIpc) is 3.21. The van der Waals surface area contributed by atoms with Crippen molar-refractivity contribution in [3.05, 3.63) is 87.3 Å². The Labute approximate surface area is 182 Å². The molecule has 1 amide bonds. The monoisotopic (exact) mass is 432 g/mol. The van der Waals surface area contributed by atoms with Crippen molar-refractivity contribution in [2.75, 3.05) is 0 Å². The fourth-order valence-electron chi connectivity index (χ4n) is 3.17. The summed E-state index contributed by atoms with van der Waals surface area (Å²) >= 11 is 0. The molecule has 0 unspecified atom stereocenters. The molecule has 4 rings (SSSR count). The molecule has 0 aliphatic rings. The molecule has 1 N–H and O–H groups in total.